The van der Waals surface area contributed by atoms with Crippen LogP contribution in [0.2, 0.25) is 0 Å². The predicted molar refractivity (Wildman–Crippen MR) is 107 cm³/mol. The second-order valence-electron chi connectivity index (χ2n) is 6.70. The van der Waals surface area contributed by atoms with Crippen LogP contribution in [0.25, 0.3) is 0 Å². The highest BCUT2D eigenvalue weighted by atomic mass is 32.2. The third kappa shape index (κ3) is 5.09. The average Bonchev–Trinajstić information content (AvgIpc) is 3.18. The van der Waals surface area contributed by atoms with Crippen LogP contribution in [0.1, 0.15) is 28.1 Å². The number of rotatable bonds is 6. The van der Waals surface area contributed by atoms with Crippen LogP contribution in [0.4, 0.5) is 0 Å². The number of likely N-dealkylation sites (tertiary alicyclic amines) is 1. The highest BCUT2D eigenvalue weighted by Gasteiger charge is 2.29. The molecule has 0 saturated carbocycles. The number of piperidine rings is 1. The number of hydrogen-bond donors (Lipinski definition) is 0. The standard InChI is InChI=1S/C19H24N2O4S2/c1-20(27(2,23)24)16-8-10-21(11-9-16)19(22)15-5-3-6-17(13-15)25-14-18-7-4-12-26-18/h3-7,12-13,16H,8-11,14H2,1-2H3. The molecule has 0 spiro atoms. The van der Waals surface area contributed by atoms with Crippen LogP contribution in [0, 0.1) is 0 Å². The summed E-state index contributed by atoms with van der Waals surface area (Å²) in [5.74, 6) is 0.623. The van der Waals surface area contributed by atoms with E-state index in [1.807, 2.05) is 29.6 Å². The van der Waals surface area contributed by atoms with Crippen molar-refractivity contribution in [2.75, 3.05) is 26.4 Å². The molecule has 1 aliphatic heterocycles. The Labute approximate surface area is 164 Å². The average molecular weight is 409 g/mol. The molecule has 6 nitrogen and oxygen atoms in total. The van der Waals surface area contributed by atoms with Crippen molar-refractivity contribution < 1.29 is 17.9 Å². The summed E-state index contributed by atoms with van der Waals surface area (Å²) in [6, 6.07) is 11.2. The molecule has 3 rings (SSSR count). The second kappa shape index (κ2) is 8.41. The van der Waals surface area contributed by atoms with Gasteiger partial charge in [0.05, 0.1) is 6.26 Å². The number of nitrogens with zero attached hydrogens (tertiary/aromatic N) is 2. The van der Waals surface area contributed by atoms with Crippen LogP contribution in [0.5, 0.6) is 5.75 Å². The van der Waals surface area contributed by atoms with Gasteiger partial charge in [0.25, 0.3) is 5.91 Å². The van der Waals surface area contributed by atoms with Crippen molar-refractivity contribution in [3.63, 3.8) is 0 Å². The van der Waals surface area contributed by atoms with E-state index in [9.17, 15) is 13.2 Å². The molecule has 1 aromatic heterocycles. The first-order valence-corrected chi connectivity index (χ1v) is 11.5. The maximum atomic E-state index is 12.8. The number of carbonyl (C=O) groups excluding carboxylic acids is 1. The number of thiophene rings is 1. The second-order valence-corrected chi connectivity index (χ2v) is 9.77. The number of amides is 1. The molecule has 1 fully saturated rings. The largest absolute Gasteiger partial charge is 0.488 e. The first kappa shape index (κ1) is 19.9. The van der Waals surface area contributed by atoms with E-state index in [1.54, 1.807) is 35.4 Å². The predicted octanol–water partition coefficient (Wildman–Crippen LogP) is 2.82. The molecule has 2 aromatic rings. The number of ether oxygens (including phenoxy) is 1. The molecule has 0 atom stereocenters. The third-order valence-electron chi connectivity index (χ3n) is 4.83. The lowest BCUT2D eigenvalue weighted by Gasteiger charge is -2.35. The lowest BCUT2D eigenvalue weighted by Crippen LogP contribution is -2.47. The van der Waals surface area contributed by atoms with Gasteiger partial charge in [-0.1, -0.05) is 12.1 Å². The summed E-state index contributed by atoms with van der Waals surface area (Å²) in [6.45, 7) is 1.58. The Balaban J connectivity index is 1.59. The smallest absolute Gasteiger partial charge is 0.253 e. The quantitative estimate of drug-likeness (QED) is 0.737. The summed E-state index contributed by atoms with van der Waals surface area (Å²) in [7, 11) is -1.61. The van der Waals surface area contributed by atoms with Gasteiger partial charge in [-0.2, -0.15) is 0 Å². The van der Waals surface area contributed by atoms with E-state index in [0.717, 1.165) is 4.88 Å². The molecule has 1 amide bonds. The Hall–Kier alpha value is -1.90. The molecule has 0 N–H and O–H groups in total. The monoisotopic (exact) mass is 408 g/mol. The molecule has 0 unspecified atom stereocenters. The maximum absolute atomic E-state index is 12.8. The zero-order valence-electron chi connectivity index (χ0n) is 15.5. The maximum Gasteiger partial charge on any atom is 0.253 e. The fourth-order valence-corrected chi connectivity index (χ4v) is 4.52. The van der Waals surface area contributed by atoms with Crippen LogP contribution in [0.3, 0.4) is 0 Å². The summed E-state index contributed by atoms with van der Waals surface area (Å²) in [5, 5.41) is 2.00. The summed E-state index contributed by atoms with van der Waals surface area (Å²) < 4.78 is 30.6. The highest BCUT2D eigenvalue weighted by molar-refractivity contribution is 7.88. The van der Waals surface area contributed by atoms with E-state index in [-0.39, 0.29) is 11.9 Å². The first-order valence-electron chi connectivity index (χ1n) is 8.82. The van der Waals surface area contributed by atoms with E-state index in [0.29, 0.717) is 43.9 Å². The minimum atomic E-state index is -3.21. The van der Waals surface area contributed by atoms with Gasteiger partial charge in [0.2, 0.25) is 10.0 Å². The van der Waals surface area contributed by atoms with Gasteiger partial charge in [-0.15, -0.1) is 11.3 Å². The zero-order chi connectivity index (χ0) is 19.4. The van der Waals surface area contributed by atoms with Crippen molar-refractivity contribution >= 4 is 27.3 Å². The molecule has 1 aromatic carbocycles. The lowest BCUT2D eigenvalue weighted by molar-refractivity contribution is 0.0686. The summed E-state index contributed by atoms with van der Waals surface area (Å²) in [4.78, 5) is 15.7. The van der Waals surface area contributed by atoms with Crippen molar-refractivity contribution in [3.05, 3.63) is 52.2 Å². The summed E-state index contributed by atoms with van der Waals surface area (Å²) >= 11 is 1.63. The Kier molecular flexibility index (Phi) is 6.18. The molecule has 27 heavy (non-hydrogen) atoms. The van der Waals surface area contributed by atoms with Crippen molar-refractivity contribution in [3.8, 4) is 5.75 Å². The van der Waals surface area contributed by atoms with Gasteiger partial charge in [-0.25, -0.2) is 12.7 Å². The number of hydrogen-bond acceptors (Lipinski definition) is 5. The SMILES string of the molecule is CN(C1CCN(C(=O)c2cccc(OCc3cccs3)c2)CC1)S(C)(=O)=O. The van der Waals surface area contributed by atoms with Crippen LogP contribution in [-0.2, 0) is 16.6 Å². The van der Waals surface area contributed by atoms with Gasteiger partial charge in [0.15, 0.2) is 0 Å². The molecule has 2 heterocycles. The van der Waals surface area contributed by atoms with Crippen LogP contribution in [-0.4, -0.2) is 56.0 Å². The Morgan fingerprint density at radius 2 is 2.00 bits per heavy atom. The van der Waals surface area contributed by atoms with Gasteiger partial charge in [0.1, 0.15) is 12.4 Å². The van der Waals surface area contributed by atoms with Gasteiger partial charge in [0, 0.05) is 36.6 Å². The van der Waals surface area contributed by atoms with Crippen molar-refractivity contribution in [2.45, 2.75) is 25.5 Å². The van der Waals surface area contributed by atoms with Crippen molar-refractivity contribution in [2.24, 2.45) is 0 Å². The fourth-order valence-electron chi connectivity index (χ4n) is 3.15. The Morgan fingerprint density at radius 3 is 2.63 bits per heavy atom. The normalized spacial score (nSPS) is 15.9. The zero-order valence-corrected chi connectivity index (χ0v) is 17.1. The molecule has 8 heteroatoms. The van der Waals surface area contributed by atoms with E-state index in [2.05, 4.69) is 0 Å². The molecule has 1 aliphatic rings. The van der Waals surface area contributed by atoms with E-state index in [1.165, 1.54) is 10.6 Å². The molecule has 0 aliphatic carbocycles. The minimum Gasteiger partial charge on any atom is -0.488 e. The summed E-state index contributed by atoms with van der Waals surface area (Å²) in [5.41, 5.74) is 0.591. The topological polar surface area (TPSA) is 66.9 Å². The molecule has 0 radical (unpaired) electrons. The lowest BCUT2D eigenvalue weighted by atomic mass is 10.0. The highest BCUT2D eigenvalue weighted by Crippen LogP contribution is 2.22. The van der Waals surface area contributed by atoms with E-state index in [4.69, 9.17) is 4.74 Å². The van der Waals surface area contributed by atoms with Crippen molar-refractivity contribution in [1.82, 2.24) is 9.21 Å². The van der Waals surface area contributed by atoms with Gasteiger partial charge in [-0.3, -0.25) is 4.79 Å². The van der Waals surface area contributed by atoms with Gasteiger partial charge < -0.3 is 9.64 Å². The van der Waals surface area contributed by atoms with Crippen LogP contribution >= 0.6 is 11.3 Å². The van der Waals surface area contributed by atoms with Crippen LogP contribution in [0.15, 0.2) is 41.8 Å². The first-order chi connectivity index (χ1) is 12.8. The molecule has 146 valence electrons. The number of benzene rings is 1. The van der Waals surface area contributed by atoms with Crippen molar-refractivity contribution in [1.29, 1.82) is 0 Å². The Bertz CT molecular complexity index is 873. The molecular formula is C19H24N2O4S2. The third-order valence-corrected chi connectivity index (χ3v) is 7.03. The molecule has 0 bridgehead atoms. The van der Waals surface area contributed by atoms with E-state index >= 15 is 0 Å². The molecular weight excluding hydrogens is 384 g/mol. The summed E-state index contributed by atoms with van der Waals surface area (Å²) in [6.07, 6.45) is 2.50. The number of carbonyl (C=O) groups is 1. The van der Waals surface area contributed by atoms with E-state index < -0.39 is 10.0 Å². The fraction of sp³-hybridized carbons (Fsp3) is 0.421. The van der Waals surface area contributed by atoms with Crippen LogP contribution < -0.4 is 4.74 Å². The Morgan fingerprint density at radius 1 is 1.26 bits per heavy atom. The molecule has 1 saturated heterocycles. The van der Waals surface area contributed by atoms with Gasteiger partial charge >= 0.3 is 0 Å². The van der Waals surface area contributed by atoms with Gasteiger partial charge in [-0.05, 0) is 42.5 Å². The minimum absolute atomic E-state index is 0.0444. The number of sulfonamides is 1.